The van der Waals surface area contributed by atoms with Gasteiger partial charge in [-0.15, -0.1) is 0 Å². The Morgan fingerprint density at radius 2 is 1.85 bits per heavy atom. The molecular weight excluding hydrogens is 343 g/mol. The minimum atomic E-state index is -0.295. The molecule has 2 heterocycles. The number of benzene rings is 2. The van der Waals surface area contributed by atoms with Crippen molar-refractivity contribution >= 4 is 22.6 Å². The molecular formula is C21H17FN4O. The van der Waals surface area contributed by atoms with Crippen molar-refractivity contribution in [3.05, 3.63) is 78.0 Å². The van der Waals surface area contributed by atoms with Gasteiger partial charge >= 0.3 is 0 Å². The summed E-state index contributed by atoms with van der Waals surface area (Å²) in [6.07, 6.45) is 1.73. The van der Waals surface area contributed by atoms with E-state index in [1.807, 2.05) is 29.8 Å². The summed E-state index contributed by atoms with van der Waals surface area (Å²) < 4.78 is 15.0. The Morgan fingerprint density at radius 3 is 2.59 bits per heavy atom. The van der Waals surface area contributed by atoms with Crippen LogP contribution in [0.1, 0.15) is 16.1 Å². The number of anilines is 1. The smallest absolute Gasteiger partial charge is 0.257 e. The second kappa shape index (κ2) is 6.64. The van der Waals surface area contributed by atoms with E-state index in [9.17, 15) is 9.18 Å². The molecule has 4 aromatic rings. The van der Waals surface area contributed by atoms with Crippen LogP contribution in [-0.4, -0.2) is 20.4 Å². The lowest BCUT2D eigenvalue weighted by Gasteiger charge is -2.09. The van der Waals surface area contributed by atoms with Crippen LogP contribution in [0.2, 0.25) is 0 Å². The molecule has 0 unspecified atom stereocenters. The minimum absolute atomic E-state index is 0.229. The predicted molar refractivity (Wildman–Crippen MR) is 103 cm³/mol. The number of hydrogen-bond acceptors (Lipinski definition) is 3. The Morgan fingerprint density at radius 1 is 1.07 bits per heavy atom. The van der Waals surface area contributed by atoms with Gasteiger partial charge in [-0.25, -0.2) is 9.37 Å². The lowest BCUT2D eigenvalue weighted by Crippen LogP contribution is -2.14. The highest BCUT2D eigenvalue weighted by atomic mass is 19.1. The molecule has 0 bridgehead atoms. The fourth-order valence-corrected chi connectivity index (χ4v) is 2.98. The molecule has 4 rings (SSSR count). The van der Waals surface area contributed by atoms with Gasteiger partial charge in [-0.05, 0) is 61.5 Å². The maximum Gasteiger partial charge on any atom is 0.257 e. The second-order valence-corrected chi connectivity index (χ2v) is 6.35. The highest BCUT2D eigenvalue weighted by Gasteiger charge is 2.13. The molecule has 0 aliphatic heterocycles. The molecule has 2 aromatic carbocycles. The molecule has 0 aliphatic carbocycles. The maximum atomic E-state index is 13.1. The Hall–Kier alpha value is -3.54. The molecule has 5 nitrogen and oxygen atoms in total. The topological polar surface area (TPSA) is 59.8 Å². The van der Waals surface area contributed by atoms with Crippen molar-refractivity contribution in [2.75, 3.05) is 5.32 Å². The van der Waals surface area contributed by atoms with Gasteiger partial charge in [0, 0.05) is 18.3 Å². The first-order chi connectivity index (χ1) is 13.0. The summed E-state index contributed by atoms with van der Waals surface area (Å²) in [5.41, 5.74) is 5.10. The van der Waals surface area contributed by atoms with Crippen molar-refractivity contribution in [3.63, 3.8) is 0 Å². The van der Waals surface area contributed by atoms with Crippen LogP contribution < -0.4 is 5.32 Å². The Bertz CT molecular complexity index is 1150. The standard InChI is InChI=1S/C21H17FN4O/c1-13-17(8-10-18(24-13)14-3-5-15(22)6-4-14)21(27)25-16-7-9-19-20(11-16)26(2)12-23-19/h3-12H,1-2H3,(H,25,27). The van der Waals surface area contributed by atoms with E-state index in [4.69, 9.17) is 0 Å². The van der Waals surface area contributed by atoms with Crippen molar-refractivity contribution in [2.45, 2.75) is 6.92 Å². The number of fused-ring (bicyclic) bond motifs is 1. The number of nitrogens with zero attached hydrogens (tertiary/aromatic N) is 3. The molecule has 0 aliphatic rings. The molecule has 27 heavy (non-hydrogen) atoms. The van der Waals surface area contributed by atoms with Gasteiger partial charge in [0.25, 0.3) is 5.91 Å². The quantitative estimate of drug-likeness (QED) is 0.591. The number of rotatable bonds is 3. The molecule has 0 saturated carbocycles. The van der Waals surface area contributed by atoms with Gasteiger partial charge < -0.3 is 9.88 Å². The molecule has 1 amide bonds. The molecule has 0 fully saturated rings. The van der Waals surface area contributed by atoms with Crippen LogP contribution in [0, 0.1) is 12.7 Å². The van der Waals surface area contributed by atoms with Crippen LogP contribution in [0.5, 0.6) is 0 Å². The fraction of sp³-hybridized carbons (Fsp3) is 0.0952. The molecule has 2 aromatic heterocycles. The molecule has 1 N–H and O–H groups in total. The van der Waals surface area contributed by atoms with Crippen molar-refractivity contribution < 1.29 is 9.18 Å². The average molecular weight is 360 g/mol. The van der Waals surface area contributed by atoms with E-state index >= 15 is 0 Å². The number of nitrogens with one attached hydrogen (secondary N) is 1. The summed E-state index contributed by atoms with van der Waals surface area (Å²) in [7, 11) is 1.91. The first kappa shape index (κ1) is 16.9. The summed E-state index contributed by atoms with van der Waals surface area (Å²) >= 11 is 0. The van der Waals surface area contributed by atoms with E-state index in [1.165, 1.54) is 12.1 Å². The first-order valence-electron chi connectivity index (χ1n) is 8.47. The van der Waals surface area contributed by atoms with Crippen LogP contribution in [-0.2, 0) is 7.05 Å². The highest BCUT2D eigenvalue weighted by Crippen LogP contribution is 2.21. The summed E-state index contributed by atoms with van der Waals surface area (Å²) in [6.45, 7) is 1.78. The normalized spacial score (nSPS) is 10.9. The highest BCUT2D eigenvalue weighted by molar-refractivity contribution is 6.05. The van der Waals surface area contributed by atoms with Gasteiger partial charge in [0.05, 0.1) is 34.3 Å². The van der Waals surface area contributed by atoms with Crippen molar-refractivity contribution in [2.24, 2.45) is 7.05 Å². The Kier molecular flexibility index (Phi) is 4.16. The zero-order valence-electron chi connectivity index (χ0n) is 14.9. The fourth-order valence-electron chi connectivity index (χ4n) is 2.98. The third kappa shape index (κ3) is 3.29. The number of aryl methyl sites for hydroxylation is 2. The summed E-state index contributed by atoms with van der Waals surface area (Å²) in [5.74, 6) is -0.524. The zero-order chi connectivity index (χ0) is 19.0. The minimum Gasteiger partial charge on any atom is -0.334 e. The number of carbonyl (C=O) groups excluding carboxylic acids is 1. The van der Waals surface area contributed by atoms with E-state index < -0.39 is 0 Å². The zero-order valence-corrected chi connectivity index (χ0v) is 14.9. The lowest BCUT2D eigenvalue weighted by atomic mass is 10.1. The Balaban J connectivity index is 1.59. The van der Waals surface area contributed by atoms with Crippen molar-refractivity contribution in [1.82, 2.24) is 14.5 Å². The van der Waals surface area contributed by atoms with Gasteiger partial charge in [-0.1, -0.05) is 0 Å². The molecule has 0 spiro atoms. The molecule has 6 heteroatoms. The average Bonchev–Trinajstić information content (AvgIpc) is 3.03. The SMILES string of the molecule is Cc1nc(-c2ccc(F)cc2)ccc1C(=O)Nc1ccc2ncn(C)c2c1. The third-order valence-corrected chi connectivity index (χ3v) is 4.45. The van der Waals surface area contributed by atoms with Gasteiger partial charge in [0.15, 0.2) is 0 Å². The maximum absolute atomic E-state index is 13.1. The van der Waals surface area contributed by atoms with Crippen LogP contribution in [0.15, 0.2) is 60.9 Å². The van der Waals surface area contributed by atoms with Gasteiger partial charge in [-0.3, -0.25) is 9.78 Å². The molecule has 134 valence electrons. The van der Waals surface area contributed by atoms with Crippen LogP contribution >= 0.6 is 0 Å². The molecule has 0 atom stereocenters. The number of pyridine rings is 1. The van der Waals surface area contributed by atoms with Gasteiger partial charge in [0.2, 0.25) is 0 Å². The van der Waals surface area contributed by atoms with E-state index in [1.54, 1.807) is 37.5 Å². The van der Waals surface area contributed by atoms with Crippen molar-refractivity contribution in [3.8, 4) is 11.3 Å². The van der Waals surface area contributed by atoms with Crippen molar-refractivity contribution in [1.29, 1.82) is 0 Å². The summed E-state index contributed by atoms with van der Waals surface area (Å²) in [4.78, 5) is 21.4. The first-order valence-corrected chi connectivity index (χ1v) is 8.47. The van der Waals surface area contributed by atoms with Crippen LogP contribution in [0.4, 0.5) is 10.1 Å². The molecule has 0 saturated heterocycles. The van der Waals surface area contributed by atoms with Gasteiger partial charge in [-0.2, -0.15) is 0 Å². The lowest BCUT2D eigenvalue weighted by molar-refractivity contribution is 0.102. The summed E-state index contributed by atoms with van der Waals surface area (Å²) in [6, 6.07) is 15.2. The van der Waals surface area contributed by atoms with E-state index in [0.29, 0.717) is 22.6 Å². The number of hydrogen-bond donors (Lipinski definition) is 1. The number of halogens is 1. The van der Waals surface area contributed by atoms with E-state index in [0.717, 1.165) is 16.6 Å². The monoisotopic (exact) mass is 360 g/mol. The van der Waals surface area contributed by atoms with Crippen LogP contribution in [0.3, 0.4) is 0 Å². The number of imidazole rings is 1. The number of carbonyl (C=O) groups is 1. The number of aromatic nitrogens is 3. The summed E-state index contributed by atoms with van der Waals surface area (Å²) in [5, 5.41) is 2.91. The Labute approximate surface area is 155 Å². The predicted octanol–water partition coefficient (Wildman–Crippen LogP) is 4.34. The number of amides is 1. The third-order valence-electron chi connectivity index (χ3n) is 4.45. The second-order valence-electron chi connectivity index (χ2n) is 6.35. The largest absolute Gasteiger partial charge is 0.334 e. The van der Waals surface area contributed by atoms with Crippen LogP contribution in [0.25, 0.3) is 22.3 Å². The van der Waals surface area contributed by atoms with E-state index in [2.05, 4.69) is 15.3 Å². The molecule has 0 radical (unpaired) electrons. The van der Waals surface area contributed by atoms with E-state index in [-0.39, 0.29) is 11.7 Å². The van der Waals surface area contributed by atoms with Gasteiger partial charge in [0.1, 0.15) is 5.82 Å².